The number of fused-ring (bicyclic) bond motifs is 1. The first kappa shape index (κ1) is 18.3. The number of hydrogen-bond donors (Lipinski definition) is 1. The van der Waals surface area contributed by atoms with Crippen molar-refractivity contribution in [2.75, 3.05) is 6.54 Å². The zero-order chi connectivity index (χ0) is 20.5. The average molecular weight is 399 g/mol. The molecular weight excluding hydrogens is 378 g/mol. The van der Waals surface area contributed by atoms with E-state index in [0.717, 1.165) is 29.3 Å². The van der Waals surface area contributed by atoms with Crippen LogP contribution in [0.5, 0.6) is 0 Å². The summed E-state index contributed by atoms with van der Waals surface area (Å²) < 4.78 is 1.47. The van der Waals surface area contributed by atoms with Crippen LogP contribution in [0.4, 0.5) is 0 Å². The molecule has 4 aromatic rings. The van der Waals surface area contributed by atoms with Crippen molar-refractivity contribution in [2.24, 2.45) is 0 Å². The van der Waals surface area contributed by atoms with Crippen LogP contribution in [0, 0.1) is 0 Å². The highest BCUT2D eigenvalue weighted by atomic mass is 16.2. The van der Waals surface area contributed by atoms with Gasteiger partial charge in [-0.15, -0.1) is 0 Å². The van der Waals surface area contributed by atoms with Gasteiger partial charge in [-0.2, -0.15) is 5.10 Å². The van der Waals surface area contributed by atoms with Crippen molar-refractivity contribution in [3.05, 3.63) is 83.0 Å². The Hall–Kier alpha value is -3.74. The third-order valence-electron chi connectivity index (χ3n) is 5.65. The molecule has 0 bridgehead atoms. The highest BCUT2D eigenvalue weighted by Gasteiger charge is 2.30. The number of H-pyrrole nitrogens is 1. The van der Waals surface area contributed by atoms with Crippen molar-refractivity contribution < 1.29 is 4.79 Å². The Morgan fingerprint density at radius 1 is 1.17 bits per heavy atom. The molecule has 1 aliphatic heterocycles. The lowest BCUT2D eigenvalue weighted by Gasteiger charge is -2.25. The first-order valence-corrected chi connectivity index (χ1v) is 10.1. The second-order valence-corrected chi connectivity index (χ2v) is 7.55. The Morgan fingerprint density at radius 2 is 2.10 bits per heavy atom. The number of nitrogens with zero attached hydrogens (tertiary/aromatic N) is 4. The molecule has 1 N–H and O–H groups in total. The first-order valence-electron chi connectivity index (χ1n) is 10.1. The molecule has 5 rings (SSSR count). The molecule has 1 unspecified atom stereocenters. The molecule has 1 amide bonds. The predicted molar refractivity (Wildman–Crippen MR) is 114 cm³/mol. The molecule has 150 valence electrons. The molecule has 3 aromatic heterocycles. The van der Waals surface area contributed by atoms with E-state index in [0.29, 0.717) is 24.3 Å². The monoisotopic (exact) mass is 399 g/mol. The SMILES string of the molecule is O=C(c1ccc2cc[nH]c2c1)N1CCCC1Cn1nc(-c2cccnc2)ccc1=O. The molecule has 1 aliphatic rings. The lowest BCUT2D eigenvalue weighted by molar-refractivity contribution is 0.0720. The van der Waals surface area contributed by atoms with Crippen LogP contribution in [0.1, 0.15) is 23.2 Å². The summed E-state index contributed by atoms with van der Waals surface area (Å²) in [5, 5.41) is 5.60. The van der Waals surface area contributed by atoms with Crippen molar-refractivity contribution in [1.29, 1.82) is 0 Å². The predicted octanol–water partition coefficient (Wildman–Crippen LogP) is 3.09. The molecule has 1 fully saturated rings. The highest BCUT2D eigenvalue weighted by molar-refractivity contribution is 5.98. The molecular formula is C23H21N5O2. The Balaban J connectivity index is 1.40. The second-order valence-electron chi connectivity index (χ2n) is 7.55. The van der Waals surface area contributed by atoms with Crippen molar-refractivity contribution in [3.63, 3.8) is 0 Å². The maximum Gasteiger partial charge on any atom is 0.266 e. The van der Waals surface area contributed by atoms with Gasteiger partial charge in [0.2, 0.25) is 0 Å². The van der Waals surface area contributed by atoms with Crippen LogP contribution in [-0.2, 0) is 6.54 Å². The van der Waals surface area contributed by atoms with Crippen LogP contribution in [-0.4, -0.2) is 43.1 Å². The average Bonchev–Trinajstić information content (AvgIpc) is 3.44. The van der Waals surface area contributed by atoms with Crippen LogP contribution in [0.25, 0.3) is 22.2 Å². The van der Waals surface area contributed by atoms with Crippen molar-refractivity contribution >= 4 is 16.8 Å². The zero-order valence-corrected chi connectivity index (χ0v) is 16.4. The fourth-order valence-electron chi connectivity index (χ4n) is 4.09. The molecule has 0 saturated carbocycles. The lowest BCUT2D eigenvalue weighted by atomic mass is 10.1. The number of nitrogens with one attached hydrogen (secondary N) is 1. The molecule has 1 atom stereocenters. The summed E-state index contributed by atoms with van der Waals surface area (Å²) in [6.45, 7) is 1.06. The van der Waals surface area contributed by atoms with E-state index in [1.54, 1.807) is 18.5 Å². The number of carbonyl (C=O) groups excluding carboxylic acids is 1. The molecule has 0 radical (unpaired) electrons. The summed E-state index contributed by atoms with van der Waals surface area (Å²) in [6.07, 6.45) is 7.05. The van der Waals surface area contributed by atoms with Gasteiger partial charge in [-0.3, -0.25) is 14.6 Å². The summed E-state index contributed by atoms with van der Waals surface area (Å²) in [5.74, 6) is -0.00883. The Bertz CT molecular complexity index is 1260. The normalized spacial score (nSPS) is 16.3. The quantitative estimate of drug-likeness (QED) is 0.572. The van der Waals surface area contributed by atoms with Gasteiger partial charge in [0, 0.05) is 47.8 Å². The van der Waals surface area contributed by atoms with Crippen molar-refractivity contribution in [2.45, 2.75) is 25.4 Å². The molecule has 4 heterocycles. The number of likely N-dealkylation sites (tertiary alicyclic amines) is 1. The van der Waals surface area contributed by atoms with E-state index < -0.39 is 0 Å². The van der Waals surface area contributed by atoms with E-state index >= 15 is 0 Å². The first-order chi connectivity index (χ1) is 14.7. The van der Waals surface area contributed by atoms with Crippen molar-refractivity contribution in [1.82, 2.24) is 24.6 Å². The van der Waals surface area contributed by atoms with Gasteiger partial charge < -0.3 is 9.88 Å². The van der Waals surface area contributed by atoms with Gasteiger partial charge >= 0.3 is 0 Å². The standard InChI is InChI=1S/C23H21N5O2/c29-22-8-7-20(18-3-1-10-24-14-18)26-28(22)15-19-4-2-12-27(19)23(30)17-6-5-16-9-11-25-21(16)13-17/h1,3,5-11,13-14,19,25H,2,4,12,15H2. The van der Waals surface area contributed by atoms with E-state index in [1.807, 2.05) is 47.5 Å². The number of carbonyl (C=O) groups is 1. The minimum absolute atomic E-state index is 0.00883. The number of aromatic amines is 1. The summed E-state index contributed by atoms with van der Waals surface area (Å²) in [7, 11) is 0. The molecule has 7 nitrogen and oxygen atoms in total. The summed E-state index contributed by atoms with van der Waals surface area (Å²) in [5.41, 5.74) is 2.97. The number of aromatic nitrogens is 4. The van der Waals surface area contributed by atoms with Gasteiger partial charge in [0.15, 0.2) is 0 Å². The third-order valence-corrected chi connectivity index (χ3v) is 5.65. The van der Waals surface area contributed by atoms with Gasteiger partial charge in [0.1, 0.15) is 0 Å². The number of rotatable bonds is 4. The summed E-state index contributed by atoms with van der Waals surface area (Å²) in [6, 6.07) is 14.6. The van der Waals surface area contributed by atoms with E-state index in [-0.39, 0.29) is 17.5 Å². The third kappa shape index (κ3) is 3.39. The van der Waals surface area contributed by atoms with Gasteiger partial charge in [-0.25, -0.2) is 4.68 Å². The molecule has 30 heavy (non-hydrogen) atoms. The highest BCUT2D eigenvalue weighted by Crippen LogP contribution is 2.23. The molecule has 7 heteroatoms. The number of benzene rings is 1. The van der Waals surface area contributed by atoms with Crippen LogP contribution < -0.4 is 5.56 Å². The minimum atomic E-state index is -0.172. The smallest absolute Gasteiger partial charge is 0.266 e. The largest absolute Gasteiger partial charge is 0.361 e. The number of amides is 1. The fraction of sp³-hybridized carbons (Fsp3) is 0.217. The van der Waals surface area contributed by atoms with E-state index in [2.05, 4.69) is 15.1 Å². The minimum Gasteiger partial charge on any atom is -0.361 e. The van der Waals surface area contributed by atoms with Crippen LogP contribution in [0.3, 0.4) is 0 Å². The van der Waals surface area contributed by atoms with E-state index in [1.165, 1.54) is 10.7 Å². The van der Waals surface area contributed by atoms with Gasteiger partial charge in [-0.05, 0) is 54.6 Å². The maximum atomic E-state index is 13.2. The number of hydrogen-bond acceptors (Lipinski definition) is 4. The van der Waals surface area contributed by atoms with Gasteiger partial charge in [0.25, 0.3) is 11.5 Å². The molecule has 0 aliphatic carbocycles. The molecule has 1 saturated heterocycles. The Kier molecular flexibility index (Phi) is 4.63. The van der Waals surface area contributed by atoms with E-state index in [9.17, 15) is 9.59 Å². The van der Waals surface area contributed by atoms with Gasteiger partial charge in [-0.1, -0.05) is 6.07 Å². The number of pyridine rings is 1. The summed E-state index contributed by atoms with van der Waals surface area (Å²) in [4.78, 5) is 34.8. The summed E-state index contributed by atoms with van der Waals surface area (Å²) >= 11 is 0. The van der Waals surface area contributed by atoms with Crippen LogP contribution in [0.15, 0.2) is 71.9 Å². The van der Waals surface area contributed by atoms with Gasteiger partial charge in [0.05, 0.1) is 18.3 Å². The fourth-order valence-corrected chi connectivity index (χ4v) is 4.09. The zero-order valence-electron chi connectivity index (χ0n) is 16.4. The van der Waals surface area contributed by atoms with Crippen LogP contribution in [0.2, 0.25) is 0 Å². The maximum absolute atomic E-state index is 13.2. The Morgan fingerprint density at radius 3 is 2.97 bits per heavy atom. The van der Waals surface area contributed by atoms with E-state index in [4.69, 9.17) is 0 Å². The van der Waals surface area contributed by atoms with Crippen molar-refractivity contribution in [3.8, 4) is 11.3 Å². The molecule has 0 spiro atoms. The molecule has 1 aromatic carbocycles. The second kappa shape index (κ2) is 7.59. The topological polar surface area (TPSA) is 83.9 Å². The van der Waals surface area contributed by atoms with Crippen LogP contribution >= 0.6 is 0 Å². The Labute approximate surface area is 173 Å². The lowest BCUT2D eigenvalue weighted by Crippen LogP contribution is -2.40.